The Morgan fingerprint density at radius 3 is 2.64 bits per heavy atom. The largest absolute Gasteiger partial charge is 0.490 e. The van der Waals surface area contributed by atoms with Gasteiger partial charge >= 0.3 is 10.9 Å². The predicted molar refractivity (Wildman–Crippen MR) is 121 cm³/mol. The van der Waals surface area contributed by atoms with Crippen LogP contribution in [0.25, 0.3) is 33.5 Å². The molecule has 2 heterocycles. The van der Waals surface area contributed by atoms with Crippen LogP contribution in [0.15, 0.2) is 54.4 Å². The van der Waals surface area contributed by atoms with Gasteiger partial charge in [0.1, 0.15) is 18.1 Å². The lowest BCUT2D eigenvalue weighted by Gasteiger charge is -2.32. The number of halogens is 1. The van der Waals surface area contributed by atoms with Crippen molar-refractivity contribution in [1.29, 1.82) is 0 Å². The third-order valence-corrected chi connectivity index (χ3v) is 6.01. The van der Waals surface area contributed by atoms with Gasteiger partial charge in [-0.2, -0.15) is 0 Å². The summed E-state index contributed by atoms with van der Waals surface area (Å²) in [5, 5.41) is 9.63. The highest BCUT2D eigenvalue weighted by molar-refractivity contribution is 7.71. The Balaban J connectivity index is 1.43. The molecule has 0 spiro atoms. The van der Waals surface area contributed by atoms with Crippen molar-refractivity contribution in [3.63, 3.8) is 0 Å². The molecule has 1 fully saturated rings. The van der Waals surface area contributed by atoms with E-state index >= 15 is 0 Å². The molecule has 0 unspecified atom stereocenters. The Morgan fingerprint density at radius 2 is 1.88 bits per heavy atom. The van der Waals surface area contributed by atoms with E-state index < -0.39 is 5.97 Å². The molecule has 2 aromatic carbocycles. The van der Waals surface area contributed by atoms with Gasteiger partial charge in [0, 0.05) is 24.4 Å². The fraction of sp³-hybridized carbons (Fsp3) is 0.261. The average molecular weight is 489 g/mol. The molecule has 0 bridgehead atoms. The number of para-hydroxylation sites is 1. The molecule has 0 atom stereocenters. The second-order valence-corrected chi connectivity index (χ2v) is 8.43. The molecule has 2 aromatic heterocycles. The Kier molecular flexibility index (Phi) is 5.69. The second-order valence-electron chi connectivity index (χ2n) is 7.69. The SMILES string of the molecule is O=C(O)C1CC(OCCOc2cc3oc(=S)oc3cc2-c2cc(=O)c3cccc(Cl)c3o2)C1. The molecular weight excluding hydrogens is 472 g/mol. The number of benzene rings is 2. The molecule has 0 amide bonds. The summed E-state index contributed by atoms with van der Waals surface area (Å²) in [5.74, 6) is -0.532. The molecule has 33 heavy (non-hydrogen) atoms. The molecule has 170 valence electrons. The number of aliphatic carboxylic acids is 1. The zero-order valence-electron chi connectivity index (χ0n) is 17.0. The van der Waals surface area contributed by atoms with Gasteiger partial charge in [0.15, 0.2) is 22.2 Å². The van der Waals surface area contributed by atoms with Crippen LogP contribution in [-0.2, 0) is 9.53 Å². The molecule has 0 aliphatic heterocycles. The fourth-order valence-corrected chi connectivity index (χ4v) is 4.15. The molecule has 10 heteroatoms. The van der Waals surface area contributed by atoms with Crippen LogP contribution in [0, 0.1) is 10.8 Å². The molecule has 5 rings (SSSR count). The van der Waals surface area contributed by atoms with Crippen LogP contribution in [0.3, 0.4) is 0 Å². The second kappa shape index (κ2) is 8.66. The molecule has 0 radical (unpaired) electrons. The van der Waals surface area contributed by atoms with Gasteiger partial charge in [-0.15, -0.1) is 0 Å². The standard InChI is InChI=1S/C23H17ClO8S/c24-15-3-1-2-13-16(25)9-18(30-21(13)15)14-8-19-20(32-23(33)31-19)10-17(14)29-5-4-28-12-6-11(7-12)22(26)27/h1-3,8-12H,4-7H2,(H,26,27). The van der Waals surface area contributed by atoms with Crippen molar-refractivity contribution in [3.8, 4) is 17.1 Å². The quantitative estimate of drug-likeness (QED) is 0.268. The van der Waals surface area contributed by atoms with Gasteiger partial charge in [-0.3, -0.25) is 9.59 Å². The third-order valence-electron chi connectivity index (χ3n) is 5.54. The van der Waals surface area contributed by atoms with Gasteiger partial charge in [-0.25, -0.2) is 0 Å². The zero-order chi connectivity index (χ0) is 23.1. The van der Waals surface area contributed by atoms with E-state index in [9.17, 15) is 9.59 Å². The number of ether oxygens (including phenoxy) is 2. The predicted octanol–water partition coefficient (Wildman–Crippen LogP) is 5.44. The van der Waals surface area contributed by atoms with Gasteiger partial charge in [0.2, 0.25) is 0 Å². The Morgan fingerprint density at radius 1 is 1.12 bits per heavy atom. The number of hydrogen-bond donors (Lipinski definition) is 1. The van der Waals surface area contributed by atoms with E-state index in [0.29, 0.717) is 45.7 Å². The fourth-order valence-electron chi connectivity index (χ4n) is 3.76. The number of carboxylic acid groups (broad SMARTS) is 1. The summed E-state index contributed by atoms with van der Waals surface area (Å²) < 4.78 is 28.3. The maximum atomic E-state index is 12.7. The van der Waals surface area contributed by atoms with E-state index in [1.807, 2.05) is 0 Å². The van der Waals surface area contributed by atoms with E-state index in [4.69, 9.17) is 51.7 Å². The minimum absolute atomic E-state index is 0.0441. The zero-order valence-corrected chi connectivity index (χ0v) is 18.6. The molecular formula is C23H17ClO8S. The highest BCUT2D eigenvalue weighted by Gasteiger charge is 2.35. The maximum absolute atomic E-state index is 12.7. The summed E-state index contributed by atoms with van der Waals surface area (Å²) >= 11 is 11.2. The number of fused-ring (bicyclic) bond motifs is 2. The highest BCUT2D eigenvalue weighted by Crippen LogP contribution is 2.37. The van der Waals surface area contributed by atoms with Gasteiger partial charge in [0.25, 0.3) is 0 Å². The highest BCUT2D eigenvalue weighted by atomic mass is 35.5. The lowest BCUT2D eigenvalue weighted by Crippen LogP contribution is -2.37. The van der Waals surface area contributed by atoms with Crippen LogP contribution in [0.5, 0.6) is 5.75 Å². The third kappa shape index (κ3) is 4.27. The van der Waals surface area contributed by atoms with Crippen LogP contribution < -0.4 is 10.2 Å². The lowest BCUT2D eigenvalue weighted by atomic mass is 9.82. The monoisotopic (exact) mass is 488 g/mol. The summed E-state index contributed by atoms with van der Waals surface area (Å²) in [6.07, 6.45) is 0.889. The summed E-state index contributed by atoms with van der Waals surface area (Å²) in [7, 11) is 0. The first-order chi connectivity index (χ1) is 15.9. The Hall–Kier alpha value is -3.14. The van der Waals surface area contributed by atoms with Crippen LogP contribution in [0.4, 0.5) is 0 Å². The summed E-state index contributed by atoms with van der Waals surface area (Å²) in [6, 6.07) is 9.54. The summed E-state index contributed by atoms with van der Waals surface area (Å²) in [4.78, 5) is 23.5. The lowest BCUT2D eigenvalue weighted by molar-refractivity contribution is -0.151. The van der Waals surface area contributed by atoms with E-state index in [0.717, 1.165) is 0 Å². The number of hydrogen-bond acceptors (Lipinski definition) is 8. The van der Waals surface area contributed by atoms with Gasteiger partial charge < -0.3 is 27.8 Å². The van der Waals surface area contributed by atoms with Crippen molar-refractivity contribution < 1.29 is 32.6 Å². The molecule has 1 aliphatic carbocycles. The van der Waals surface area contributed by atoms with Crippen molar-refractivity contribution in [2.75, 3.05) is 13.2 Å². The normalized spacial score (nSPS) is 17.8. The Bertz CT molecular complexity index is 1480. The van der Waals surface area contributed by atoms with Crippen molar-refractivity contribution in [3.05, 3.63) is 56.5 Å². The molecule has 4 aromatic rings. The van der Waals surface area contributed by atoms with Crippen LogP contribution in [0.2, 0.25) is 5.02 Å². The summed E-state index contributed by atoms with van der Waals surface area (Å²) in [6.45, 7) is 0.445. The van der Waals surface area contributed by atoms with E-state index in [1.165, 1.54) is 6.07 Å². The van der Waals surface area contributed by atoms with Gasteiger partial charge in [0.05, 0.1) is 34.6 Å². The maximum Gasteiger partial charge on any atom is 0.363 e. The number of carbonyl (C=O) groups is 1. The Labute approximate surface area is 196 Å². The molecule has 1 aliphatic rings. The molecule has 1 saturated carbocycles. The van der Waals surface area contributed by atoms with Crippen LogP contribution in [-0.4, -0.2) is 30.4 Å². The first-order valence-corrected chi connectivity index (χ1v) is 11.0. The van der Waals surface area contributed by atoms with E-state index in [1.54, 1.807) is 30.3 Å². The van der Waals surface area contributed by atoms with Crippen molar-refractivity contribution >= 4 is 51.9 Å². The van der Waals surface area contributed by atoms with E-state index in [2.05, 4.69) is 0 Å². The van der Waals surface area contributed by atoms with Crippen LogP contribution >= 0.6 is 23.8 Å². The van der Waals surface area contributed by atoms with Crippen LogP contribution in [0.1, 0.15) is 12.8 Å². The van der Waals surface area contributed by atoms with Crippen molar-refractivity contribution in [2.24, 2.45) is 5.92 Å². The molecule has 8 nitrogen and oxygen atoms in total. The smallest absolute Gasteiger partial charge is 0.363 e. The van der Waals surface area contributed by atoms with Crippen molar-refractivity contribution in [2.45, 2.75) is 18.9 Å². The minimum atomic E-state index is -0.800. The topological polar surface area (TPSA) is 112 Å². The number of carboxylic acids is 1. The number of rotatable bonds is 7. The average Bonchev–Trinajstić information content (AvgIpc) is 3.10. The summed E-state index contributed by atoms with van der Waals surface area (Å²) in [5.41, 5.74) is 1.21. The van der Waals surface area contributed by atoms with Gasteiger partial charge in [-0.05, 0) is 31.0 Å². The van der Waals surface area contributed by atoms with Gasteiger partial charge in [-0.1, -0.05) is 17.7 Å². The molecule has 0 saturated heterocycles. The van der Waals surface area contributed by atoms with E-state index in [-0.39, 0.29) is 46.9 Å². The molecule has 1 N–H and O–H groups in total. The first-order valence-electron chi connectivity index (χ1n) is 10.2. The first kappa shape index (κ1) is 21.7. The van der Waals surface area contributed by atoms with Crippen molar-refractivity contribution in [1.82, 2.24) is 0 Å². The minimum Gasteiger partial charge on any atom is -0.490 e.